The van der Waals surface area contributed by atoms with Gasteiger partial charge in [0.2, 0.25) is 0 Å². The van der Waals surface area contributed by atoms with Crippen LogP contribution in [0.2, 0.25) is 0 Å². The van der Waals surface area contributed by atoms with Crippen molar-refractivity contribution in [3.05, 3.63) is 59.4 Å². The number of hydrogen-bond acceptors (Lipinski definition) is 6. The quantitative estimate of drug-likeness (QED) is 0.602. The molecule has 1 aromatic carbocycles. The number of esters is 2. The van der Waals surface area contributed by atoms with Gasteiger partial charge >= 0.3 is 18.0 Å². The van der Waals surface area contributed by atoms with Crippen LogP contribution in [-0.4, -0.2) is 35.9 Å². The molecule has 8 nitrogen and oxygen atoms in total. The second-order valence-electron chi connectivity index (χ2n) is 5.06. The molecule has 1 aromatic heterocycles. The summed E-state index contributed by atoms with van der Waals surface area (Å²) >= 11 is 0. The molecule has 0 aliphatic carbocycles. The molecule has 0 radical (unpaired) electrons. The fraction of sp³-hybridized carbons (Fsp3) is 0.278. The molecule has 0 unspecified atom stereocenters. The van der Waals surface area contributed by atoms with E-state index in [0.29, 0.717) is 0 Å². The Hall–Kier alpha value is -3.29. The molecular weight excluding hydrogens is 340 g/mol. The standard InChI is InChI=1S/C18H20N2O6/c1-3-24-16(21)14-10-11-20(15(14)17(22)25-4-2)19-18(23)26-12-13-8-6-5-7-9-13/h5-11H,3-4,12H2,1-2H3,(H,19,23). The van der Waals surface area contributed by atoms with E-state index in [1.165, 1.54) is 12.3 Å². The fourth-order valence-corrected chi connectivity index (χ4v) is 2.16. The molecule has 0 spiro atoms. The number of carbonyl (C=O) groups is 3. The van der Waals surface area contributed by atoms with Crippen molar-refractivity contribution in [3.8, 4) is 0 Å². The fourth-order valence-electron chi connectivity index (χ4n) is 2.16. The lowest BCUT2D eigenvalue weighted by Crippen LogP contribution is -2.28. The number of ether oxygens (including phenoxy) is 3. The van der Waals surface area contributed by atoms with Gasteiger partial charge in [-0.1, -0.05) is 30.3 Å². The molecule has 1 heterocycles. The highest BCUT2D eigenvalue weighted by Crippen LogP contribution is 2.14. The first kappa shape index (κ1) is 19.0. The summed E-state index contributed by atoms with van der Waals surface area (Å²) in [6.45, 7) is 3.62. The van der Waals surface area contributed by atoms with E-state index in [0.717, 1.165) is 10.2 Å². The van der Waals surface area contributed by atoms with Gasteiger partial charge in [0, 0.05) is 6.20 Å². The molecule has 0 aliphatic rings. The maximum atomic E-state index is 12.2. The highest BCUT2D eigenvalue weighted by Gasteiger charge is 2.25. The van der Waals surface area contributed by atoms with Crippen LogP contribution in [0.3, 0.4) is 0 Å². The number of hydrogen-bond donors (Lipinski definition) is 1. The molecule has 0 atom stereocenters. The number of aromatic nitrogens is 1. The number of benzene rings is 1. The Morgan fingerprint density at radius 3 is 2.23 bits per heavy atom. The Balaban J connectivity index is 2.13. The number of nitrogens with one attached hydrogen (secondary N) is 1. The summed E-state index contributed by atoms with van der Waals surface area (Å²) < 4.78 is 16.0. The van der Waals surface area contributed by atoms with Crippen LogP contribution >= 0.6 is 0 Å². The maximum Gasteiger partial charge on any atom is 0.426 e. The predicted molar refractivity (Wildman–Crippen MR) is 92.3 cm³/mol. The lowest BCUT2D eigenvalue weighted by atomic mass is 10.2. The molecule has 1 amide bonds. The molecule has 2 aromatic rings. The second kappa shape index (κ2) is 9.26. The van der Waals surface area contributed by atoms with E-state index in [9.17, 15) is 14.4 Å². The van der Waals surface area contributed by atoms with Crippen molar-refractivity contribution in [1.29, 1.82) is 0 Å². The maximum absolute atomic E-state index is 12.2. The second-order valence-corrected chi connectivity index (χ2v) is 5.06. The molecule has 0 fully saturated rings. The monoisotopic (exact) mass is 360 g/mol. The van der Waals surface area contributed by atoms with Gasteiger partial charge in [-0.05, 0) is 25.5 Å². The lowest BCUT2D eigenvalue weighted by molar-refractivity contribution is 0.0472. The van der Waals surface area contributed by atoms with Gasteiger partial charge in [0.25, 0.3) is 0 Å². The van der Waals surface area contributed by atoms with Crippen LogP contribution in [0.1, 0.15) is 40.3 Å². The lowest BCUT2D eigenvalue weighted by Gasteiger charge is -2.12. The molecule has 0 aliphatic heterocycles. The highest BCUT2D eigenvalue weighted by atomic mass is 16.6. The SMILES string of the molecule is CCOC(=O)c1ccn(NC(=O)OCc2ccccc2)c1C(=O)OCC. The van der Waals surface area contributed by atoms with E-state index < -0.39 is 18.0 Å². The van der Waals surface area contributed by atoms with Crippen LogP contribution in [0, 0.1) is 0 Å². The zero-order valence-corrected chi connectivity index (χ0v) is 14.6. The van der Waals surface area contributed by atoms with E-state index in [2.05, 4.69) is 5.43 Å². The van der Waals surface area contributed by atoms with Gasteiger partial charge in [-0.3, -0.25) is 4.68 Å². The smallest absolute Gasteiger partial charge is 0.426 e. The zero-order valence-electron chi connectivity index (χ0n) is 14.6. The minimum Gasteiger partial charge on any atom is -0.462 e. The summed E-state index contributed by atoms with van der Waals surface area (Å²) in [6, 6.07) is 10.5. The van der Waals surface area contributed by atoms with Gasteiger partial charge in [-0.25, -0.2) is 19.8 Å². The number of rotatable bonds is 7. The van der Waals surface area contributed by atoms with Crippen LogP contribution in [-0.2, 0) is 20.8 Å². The van der Waals surface area contributed by atoms with Gasteiger partial charge in [0.05, 0.1) is 18.8 Å². The van der Waals surface area contributed by atoms with Crippen molar-refractivity contribution in [3.63, 3.8) is 0 Å². The summed E-state index contributed by atoms with van der Waals surface area (Å²) in [5.41, 5.74) is 3.05. The van der Waals surface area contributed by atoms with Crippen molar-refractivity contribution < 1.29 is 28.6 Å². The van der Waals surface area contributed by atoms with Crippen molar-refractivity contribution in [2.45, 2.75) is 20.5 Å². The first-order chi connectivity index (χ1) is 12.6. The normalized spacial score (nSPS) is 10.1. The highest BCUT2D eigenvalue weighted by molar-refractivity contribution is 6.02. The molecule has 0 saturated heterocycles. The van der Waals surface area contributed by atoms with Crippen LogP contribution in [0.4, 0.5) is 4.79 Å². The van der Waals surface area contributed by atoms with E-state index in [4.69, 9.17) is 14.2 Å². The summed E-state index contributed by atoms with van der Waals surface area (Å²) in [6.07, 6.45) is 0.563. The van der Waals surface area contributed by atoms with Crippen LogP contribution in [0.25, 0.3) is 0 Å². The number of amides is 1. The van der Waals surface area contributed by atoms with Gasteiger partial charge in [-0.15, -0.1) is 0 Å². The third kappa shape index (κ3) is 4.85. The first-order valence-corrected chi connectivity index (χ1v) is 8.10. The third-order valence-corrected chi connectivity index (χ3v) is 3.27. The Morgan fingerprint density at radius 2 is 1.58 bits per heavy atom. The minimum absolute atomic E-state index is 0.00587. The Bertz CT molecular complexity index is 769. The van der Waals surface area contributed by atoms with Crippen LogP contribution in [0.15, 0.2) is 42.6 Å². The third-order valence-electron chi connectivity index (χ3n) is 3.27. The molecule has 26 heavy (non-hydrogen) atoms. The molecular formula is C18H20N2O6. The van der Waals surface area contributed by atoms with Crippen LogP contribution < -0.4 is 5.43 Å². The summed E-state index contributed by atoms with van der Waals surface area (Å²) in [5, 5.41) is 0. The summed E-state index contributed by atoms with van der Waals surface area (Å²) in [5.74, 6) is -1.45. The molecule has 0 bridgehead atoms. The van der Waals surface area contributed by atoms with Crippen LogP contribution in [0.5, 0.6) is 0 Å². The summed E-state index contributed by atoms with van der Waals surface area (Å²) in [4.78, 5) is 36.2. The predicted octanol–water partition coefficient (Wildman–Crippen LogP) is 2.72. The van der Waals surface area contributed by atoms with Gasteiger partial charge < -0.3 is 14.2 Å². The van der Waals surface area contributed by atoms with Crippen molar-refractivity contribution >= 4 is 18.0 Å². The van der Waals surface area contributed by atoms with Crippen molar-refractivity contribution in [1.82, 2.24) is 4.68 Å². The molecule has 2 rings (SSSR count). The Morgan fingerprint density at radius 1 is 0.923 bits per heavy atom. The van der Waals surface area contributed by atoms with Gasteiger partial charge in [0.15, 0.2) is 5.69 Å². The van der Waals surface area contributed by atoms with E-state index >= 15 is 0 Å². The first-order valence-electron chi connectivity index (χ1n) is 8.10. The van der Waals surface area contributed by atoms with Crippen molar-refractivity contribution in [2.24, 2.45) is 0 Å². The van der Waals surface area contributed by atoms with Gasteiger partial charge in [-0.2, -0.15) is 0 Å². The summed E-state index contributed by atoms with van der Waals surface area (Å²) in [7, 11) is 0. The largest absolute Gasteiger partial charge is 0.462 e. The number of carbonyl (C=O) groups excluding carboxylic acids is 3. The van der Waals surface area contributed by atoms with Gasteiger partial charge in [0.1, 0.15) is 6.61 Å². The number of nitrogens with zero attached hydrogens (tertiary/aromatic N) is 1. The molecule has 8 heteroatoms. The zero-order chi connectivity index (χ0) is 18.9. The van der Waals surface area contributed by atoms with E-state index in [1.54, 1.807) is 13.8 Å². The topological polar surface area (TPSA) is 95.9 Å². The Kier molecular flexibility index (Phi) is 6.78. The van der Waals surface area contributed by atoms with E-state index in [-0.39, 0.29) is 31.1 Å². The Labute approximate surface area is 150 Å². The molecule has 138 valence electrons. The minimum atomic E-state index is -0.787. The average molecular weight is 360 g/mol. The molecule has 1 N–H and O–H groups in total. The average Bonchev–Trinajstić information content (AvgIpc) is 3.05. The van der Waals surface area contributed by atoms with Crippen molar-refractivity contribution in [2.75, 3.05) is 18.6 Å². The molecule has 0 saturated carbocycles. The van der Waals surface area contributed by atoms with E-state index in [1.807, 2.05) is 30.3 Å².